The molecule has 1 aliphatic rings. The second kappa shape index (κ2) is 10.8. The summed E-state index contributed by atoms with van der Waals surface area (Å²) in [6.07, 6.45) is -8.13. The molecular weight excluding hydrogens is 560 g/mol. The van der Waals surface area contributed by atoms with Gasteiger partial charge in [-0.15, -0.1) is 0 Å². The number of benzene rings is 2. The molecule has 0 bridgehead atoms. The van der Waals surface area contributed by atoms with Crippen molar-refractivity contribution >= 4 is 46.5 Å². The van der Waals surface area contributed by atoms with E-state index in [4.69, 9.17) is 34.8 Å². The fourth-order valence-electron chi connectivity index (χ4n) is 3.47. The molecule has 0 heterocycles. The van der Waals surface area contributed by atoms with Crippen molar-refractivity contribution in [3.8, 4) is 0 Å². The van der Waals surface area contributed by atoms with Crippen molar-refractivity contribution < 1.29 is 35.5 Å². The first kappa shape index (κ1) is 28.6. The Bertz CT molecular complexity index is 1150. The SMILES string of the molecule is CN(CC1CC1)NC(=O)c1ccc(/C(F)=C/C(c2cc(Cl)c(Cl)c(Cl)c2)C(F)(F)F)cc1C(F)(F)F. The van der Waals surface area contributed by atoms with E-state index in [9.17, 15) is 35.5 Å². The molecule has 3 nitrogen and oxygen atoms in total. The highest BCUT2D eigenvalue weighted by Gasteiger charge is 2.41. The van der Waals surface area contributed by atoms with Gasteiger partial charge in [0.25, 0.3) is 5.91 Å². The number of halogens is 10. The van der Waals surface area contributed by atoms with Crippen LogP contribution in [0.3, 0.4) is 0 Å². The Morgan fingerprint density at radius 1 is 1.08 bits per heavy atom. The predicted octanol–water partition coefficient (Wildman–Crippen LogP) is 8.31. The van der Waals surface area contributed by atoms with Crippen LogP contribution in [0.15, 0.2) is 36.4 Å². The molecular formula is C23H18Cl3F7N2O. The van der Waals surface area contributed by atoms with E-state index in [1.165, 1.54) is 12.1 Å². The molecule has 0 spiro atoms. The van der Waals surface area contributed by atoms with Gasteiger partial charge in [0, 0.05) is 19.2 Å². The van der Waals surface area contributed by atoms with E-state index in [0.717, 1.165) is 31.0 Å². The molecule has 1 saturated carbocycles. The summed E-state index contributed by atoms with van der Waals surface area (Å²) in [6.45, 7) is 0.445. The lowest BCUT2D eigenvalue weighted by atomic mass is 9.95. The number of alkyl halides is 6. The van der Waals surface area contributed by atoms with Gasteiger partial charge in [0.2, 0.25) is 0 Å². The van der Waals surface area contributed by atoms with E-state index in [1.54, 1.807) is 0 Å². The average Bonchev–Trinajstić information content (AvgIpc) is 3.57. The van der Waals surface area contributed by atoms with Crippen molar-refractivity contribution in [3.05, 3.63) is 73.7 Å². The molecule has 0 aromatic heterocycles. The van der Waals surface area contributed by atoms with E-state index in [0.29, 0.717) is 18.5 Å². The fourth-order valence-corrected chi connectivity index (χ4v) is 4.08. The van der Waals surface area contributed by atoms with Crippen LogP contribution in [-0.2, 0) is 6.18 Å². The van der Waals surface area contributed by atoms with Crippen molar-refractivity contribution in [3.63, 3.8) is 0 Å². The topological polar surface area (TPSA) is 32.3 Å². The molecule has 196 valence electrons. The van der Waals surface area contributed by atoms with Gasteiger partial charge < -0.3 is 0 Å². The molecule has 2 aromatic rings. The van der Waals surface area contributed by atoms with E-state index in [-0.39, 0.29) is 27.2 Å². The maximum Gasteiger partial charge on any atom is 0.417 e. The predicted molar refractivity (Wildman–Crippen MR) is 124 cm³/mol. The second-order valence-corrected chi connectivity index (χ2v) is 9.55. The quantitative estimate of drug-likeness (QED) is 0.204. The zero-order chi connectivity index (χ0) is 27.0. The Morgan fingerprint density at radius 2 is 1.67 bits per heavy atom. The molecule has 0 aliphatic heterocycles. The summed E-state index contributed by atoms with van der Waals surface area (Å²) in [4.78, 5) is 12.4. The summed E-state index contributed by atoms with van der Waals surface area (Å²) < 4.78 is 97.2. The smallest absolute Gasteiger partial charge is 0.285 e. The monoisotopic (exact) mass is 576 g/mol. The third-order valence-electron chi connectivity index (χ3n) is 5.40. The van der Waals surface area contributed by atoms with Gasteiger partial charge in [-0.3, -0.25) is 10.2 Å². The first-order valence-electron chi connectivity index (χ1n) is 10.4. The maximum atomic E-state index is 14.9. The number of nitrogens with zero attached hydrogens (tertiary/aromatic N) is 1. The van der Waals surface area contributed by atoms with Crippen LogP contribution in [0.5, 0.6) is 0 Å². The number of rotatable bonds is 7. The summed E-state index contributed by atoms with van der Waals surface area (Å²) in [5.74, 6) is -4.94. The van der Waals surface area contributed by atoms with Gasteiger partial charge in [0.1, 0.15) is 11.7 Å². The van der Waals surface area contributed by atoms with Crippen molar-refractivity contribution in [2.45, 2.75) is 31.1 Å². The van der Waals surface area contributed by atoms with E-state index in [1.807, 2.05) is 0 Å². The minimum atomic E-state index is -5.08. The number of carbonyl (C=O) groups excluding carboxylic acids is 1. The first-order chi connectivity index (χ1) is 16.6. The molecule has 0 saturated heterocycles. The minimum Gasteiger partial charge on any atom is -0.285 e. The third kappa shape index (κ3) is 7.06. The molecule has 1 atom stereocenters. The van der Waals surface area contributed by atoms with E-state index in [2.05, 4.69) is 5.43 Å². The van der Waals surface area contributed by atoms with E-state index < -0.39 is 52.3 Å². The Labute approximate surface area is 216 Å². The van der Waals surface area contributed by atoms with Gasteiger partial charge >= 0.3 is 12.4 Å². The zero-order valence-electron chi connectivity index (χ0n) is 18.4. The minimum absolute atomic E-state index is 0.106. The highest BCUT2D eigenvalue weighted by molar-refractivity contribution is 6.48. The lowest BCUT2D eigenvalue weighted by molar-refractivity contribution is -0.140. The van der Waals surface area contributed by atoms with Gasteiger partial charge in [-0.25, -0.2) is 9.40 Å². The van der Waals surface area contributed by atoms with Crippen LogP contribution in [0.4, 0.5) is 30.7 Å². The first-order valence-corrected chi connectivity index (χ1v) is 11.5. The second-order valence-electron chi connectivity index (χ2n) is 8.36. The van der Waals surface area contributed by atoms with Crippen LogP contribution in [0.25, 0.3) is 5.83 Å². The Kier molecular flexibility index (Phi) is 8.54. The summed E-state index contributed by atoms with van der Waals surface area (Å²) in [5, 5.41) is 0.510. The van der Waals surface area contributed by atoms with Crippen LogP contribution >= 0.6 is 34.8 Å². The van der Waals surface area contributed by atoms with Crippen molar-refractivity contribution in [1.82, 2.24) is 10.4 Å². The van der Waals surface area contributed by atoms with Gasteiger partial charge in [-0.1, -0.05) is 40.9 Å². The number of hydrogen-bond donors (Lipinski definition) is 1. The lowest BCUT2D eigenvalue weighted by Gasteiger charge is -2.20. The number of nitrogens with one attached hydrogen (secondary N) is 1. The van der Waals surface area contributed by atoms with Crippen LogP contribution < -0.4 is 5.43 Å². The number of hydrogen-bond acceptors (Lipinski definition) is 2. The molecule has 0 radical (unpaired) electrons. The molecule has 1 unspecified atom stereocenters. The lowest BCUT2D eigenvalue weighted by Crippen LogP contribution is -2.41. The highest BCUT2D eigenvalue weighted by atomic mass is 35.5. The van der Waals surface area contributed by atoms with E-state index >= 15 is 0 Å². The summed E-state index contributed by atoms with van der Waals surface area (Å²) >= 11 is 17.3. The molecule has 1 fully saturated rings. The Hall–Kier alpha value is -2.01. The van der Waals surface area contributed by atoms with Crippen LogP contribution in [0, 0.1) is 5.92 Å². The van der Waals surface area contributed by atoms with Crippen LogP contribution in [-0.4, -0.2) is 30.7 Å². The van der Waals surface area contributed by atoms with Gasteiger partial charge in [0.15, 0.2) is 0 Å². The van der Waals surface area contributed by atoms with Crippen LogP contribution in [0.2, 0.25) is 15.1 Å². The molecule has 1 N–H and O–H groups in total. The molecule has 1 amide bonds. The largest absolute Gasteiger partial charge is 0.417 e. The van der Waals surface area contributed by atoms with Gasteiger partial charge in [-0.05, 0) is 54.7 Å². The van der Waals surface area contributed by atoms with Crippen molar-refractivity contribution in [2.75, 3.05) is 13.6 Å². The summed E-state index contributed by atoms with van der Waals surface area (Å²) in [6, 6.07) is 3.47. The number of amides is 1. The number of allylic oxidation sites excluding steroid dienone is 1. The van der Waals surface area contributed by atoms with Crippen LogP contribution in [0.1, 0.15) is 45.8 Å². The average molecular weight is 578 g/mol. The Morgan fingerprint density at radius 3 is 2.17 bits per heavy atom. The molecule has 1 aliphatic carbocycles. The van der Waals surface area contributed by atoms with Crippen molar-refractivity contribution in [1.29, 1.82) is 0 Å². The maximum absolute atomic E-state index is 14.9. The molecule has 3 rings (SSSR count). The van der Waals surface area contributed by atoms with Gasteiger partial charge in [-0.2, -0.15) is 26.3 Å². The van der Waals surface area contributed by atoms with Crippen molar-refractivity contribution in [2.24, 2.45) is 5.92 Å². The standard InChI is InChI=1S/C23H18Cl3F7N2O/c1-35(10-11-2-3-11)34-21(36)14-5-4-12(6-16(14)23(31,32)33)19(27)9-15(22(28,29)30)13-7-17(24)20(26)18(25)8-13/h4-9,11,15H,2-3,10H2,1H3,(H,34,36)/b19-9-. The Balaban J connectivity index is 1.98. The summed E-state index contributed by atoms with van der Waals surface area (Å²) in [7, 11) is 1.49. The fraction of sp³-hybridized carbons (Fsp3) is 0.348. The highest BCUT2D eigenvalue weighted by Crippen LogP contribution is 2.43. The molecule has 36 heavy (non-hydrogen) atoms. The molecule has 13 heteroatoms. The number of carbonyl (C=O) groups is 1. The third-order valence-corrected chi connectivity index (χ3v) is 6.59. The number of hydrazine groups is 1. The normalized spacial score (nSPS) is 15.8. The van der Waals surface area contributed by atoms with Gasteiger partial charge in [0.05, 0.1) is 26.2 Å². The zero-order valence-corrected chi connectivity index (χ0v) is 20.6. The molecule has 2 aromatic carbocycles. The summed E-state index contributed by atoms with van der Waals surface area (Å²) in [5.41, 5.74) is -1.35.